The molecule has 10 heteroatoms. The highest BCUT2D eigenvalue weighted by molar-refractivity contribution is 5.83. The van der Waals surface area contributed by atoms with Gasteiger partial charge in [-0.2, -0.15) is 13.2 Å². The summed E-state index contributed by atoms with van der Waals surface area (Å²) >= 11 is 0. The van der Waals surface area contributed by atoms with Gasteiger partial charge in [-0.1, -0.05) is 54.6 Å². The summed E-state index contributed by atoms with van der Waals surface area (Å²) in [5.41, 5.74) is 7.38. The topological polar surface area (TPSA) is 75.7 Å². The second-order valence-electron chi connectivity index (χ2n) is 13.4. The Balaban J connectivity index is 1.26. The number of methoxy groups -OCH3 is 2. The Hall–Kier alpha value is -4.67. The molecular formula is C41H45F3N4O3. The molecule has 6 rings (SSSR count). The third-order valence-corrected chi connectivity index (χ3v) is 9.99. The second-order valence-corrected chi connectivity index (χ2v) is 13.4. The fourth-order valence-corrected chi connectivity index (χ4v) is 7.17. The minimum absolute atomic E-state index is 0.0662. The van der Waals surface area contributed by atoms with Crippen LogP contribution in [0.3, 0.4) is 0 Å². The number of hydrogen-bond acceptors (Lipinski definition) is 6. The normalized spacial score (nSPS) is 16.6. The Kier molecular flexibility index (Phi) is 11.1. The maximum atomic E-state index is 14.4. The van der Waals surface area contributed by atoms with Crippen LogP contribution >= 0.6 is 0 Å². The highest BCUT2D eigenvalue weighted by Gasteiger charge is 2.34. The minimum atomic E-state index is -4.51. The number of alkyl halides is 3. The first kappa shape index (κ1) is 36.1. The van der Waals surface area contributed by atoms with Crippen LogP contribution in [0, 0.1) is 13.8 Å². The van der Waals surface area contributed by atoms with Crippen LogP contribution in [-0.4, -0.2) is 55.7 Å². The lowest BCUT2D eigenvalue weighted by atomic mass is 9.90. The molecule has 0 saturated carbocycles. The van der Waals surface area contributed by atoms with E-state index in [-0.39, 0.29) is 17.5 Å². The van der Waals surface area contributed by atoms with Gasteiger partial charge in [0.05, 0.1) is 25.5 Å². The van der Waals surface area contributed by atoms with Crippen molar-refractivity contribution in [2.45, 2.75) is 64.8 Å². The van der Waals surface area contributed by atoms with Gasteiger partial charge in [0.25, 0.3) is 0 Å². The van der Waals surface area contributed by atoms with Crippen LogP contribution in [0.5, 0.6) is 11.6 Å². The van der Waals surface area contributed by atoms with E-state index in [0.717, 1.165) is 77.0 Å². The lowest BCUT2D eigenvalue weighted by Crippen LogP contribution is -2.35. The Bertz CT molecular complexity index is 1920. The minimum Gasteiger partial charge on any atom is -0.496 e. The second kappa shape index (κ2) is 15.7. The molecule has 2 aliphatic rings. The van der Waals surface area contributed by atoms with E-state index in [1.165, 1.54) is 25.3 Å². The van der Waals surface area contributed by atoms with E-state index < -0.39 is 11.7 Å². The molecule has 3 heterocycles. The molecule has 0 bridgehead atoms. The van der Waals surface area contributed by atoms with Crippen molar-refractivity contribution >= 4 is 18.1 Å². The highest BCUT2D eigenvalue weighted by Crippen LogP contribution is 2.39. The largest absolute Gasteiger partial charge is 0.496 e. The standard InChI is InChI=1S/C41H45F3N4O3/c1-26-28(13-14-29-22-38(50-3)31(21-36(29)41(42,43)44)25-48-19-5-6-20-48)9-7-10-33(26)34-11-8-12-35(27(34)2)37-17-15-30(40(47-37)51-4)23-45-24-32-16-18-39(49)46-32/h7-15,17,21-22,32,45H,5-6,16,18-20,23-25H2,1-4H3,(H,46,49)/b14-13+/t32-/m0/s1. The van der Waals surface area contributed by atoms with Crippen molar-refractivity contribution in [1.29, 1.82) is 0 Å². The van der Waals surface area contributed by atoms with Crippen LogP contribution < -0.4 is 20.1 Å². The number of benzene rings is 3. The number of ether oxygens (including phenoxy) is 2. The van der Waals surface area contributed by atoms with Crippen molar-refractivity contribution in [3.05, 3.63) is 99.6 Å². The number of hydrogen-bond donors (Lipinski definition) is 2. The number of rotatable bonds is 12. The van der Waals surface area contributed by atoms with Gasteiger partial charge in [-0.3, -0.25) is 9.69 Å². The maximum Gasteiger partial charge on any atom is 0.417 e. The molecule has 51 heavy (non-hydrogen) atoms. The summed E-state index contributed by atoms with van der Waals surface area (Å²) < 4.78 is 54.4. The lowest BCUT2D eigenvalue weighted by molar-refractivity contribution is -0.137. The monoisotopic (exact) mass is 698 g/mol. The molecule has 0 radical (unpaired) electrons. The molecule has 7 nitrogen and oxygen atoms in total. The molecule has 1 atom stereocenters. The average Bonchev–Trinajstić information content (AvgIpc) is 3.79. The van der Waals surface area contributed by atoms with Crippen LogP contribution in [0.4, 0.5) is 13.2 Å². The SMILES string of the molecule is COc1cc(/C=C/c2cccc(-c3cccc(-c4ccc(CNC[C@@H]5CCC(=O)N5)c(OC)n4)c3C)c2C)c(C(F)(F)F)cc1CN1CCCC1. The Morgan fingerprint density at radius 1 is 0.902 bits per heavy atom. The zero-order valence-corrected chi connectivity index (χ0v) is 29.6. The molecule has 2 N–H and O–H groups in total. The van der Waals surface area contributed by atoms with Crippen LogP contribution in [-0.2, 0) is 24.1 Å². The molecule has 3 aromatic carbocycles. The van der Waals surface area contributed by atoms with Crippen LogP contribution in [0.2, 0.25) is 0 Å². The van der Waals surface area contributed by atoms with Crippen molar-refractivity contribution in [3.63, 3.8) is 0 Å². The average molecular weight is 699 g/mol. The molecular weight excluding hydrogens is 653 g/mol. The van der Waals surface area contributed by atoms with Gasteiger partial charge < -0.3 is 20.1 Å². The summed E-state index contributed by atoms with van der Waals surface area (Å²) in [6.45, 7) is 7.46. The van der Waals surface area contributed by atoms with Gasteiger partial charge >= 0.3 is 6.18 Å². The lowest BCUT2D eigenvalue weighted by Gasteiger charge is -2.20. The molecule has 2 fully saturated rings. The van der Waals surface area contributed by atoms with Crippen molar-refractivity contribution in [2.24, 2.45) is 0 Å². The van der Waals surface area contributed by atoms with Crippen molar-refractivity contribution in [2.75, 3.05) is 33.9 Å². The summed E-state index contributed by atoms with van der Waals surface area (Å²) in [5, 5.41) is 6.37. The first-order valence-corrected chi connectivity index (χ1v) is 17.5. The third-order valence-electron chi connectivity index (χ3n) is 9.99. The molecule has 268 valence electrons. The summed E-state index contributed by atoms with van der Waals surface area (Å²) in [5.74, 6) is 1.08. The van der Waals surface area contributed by atoms with Gasteiger partial charge in [0.1, 0.15) is 5.75 Å². The molecule has 0 spiro atoms. The zero-order chi connectivity index (χ0) is 36.1. The van der Waals surface area contributed by atoms with Gasteiger partial charge in [-0.25, -0.2) is 4.98 Å². The summed E-state index contributed by atoms with van der Waals surface area (Å²) in [4.78, 5) is 18.5. The van der Waals surface area contributed by atoms with Crippen LogP contribution in [0.1, 0.15) is 64.6 Å². The van der Waals surface area contributed by atoms with Gasteiger partial charge in [-0.05, 0) is 97.8 Å². The fourth-order valence-electron chi connectivity index (χ4n) is 7.17. The van der Waals surface area contributed by atoms with E-state index in [0.29, 0.717) is 43.2 Å². The van der Waals surface area contributed by atoms with Gasteiger partial charge in [0, 0.05) is 48.8 Å². The zero-order valence-electron chi connectivity index (χ0n) is 29.6. The number of likely N-dealkylation sites (tertiary alicyclic amines) is 1. The number of carbonyl (C=O) groups excluding carboxylic acids is 1. The van der Waals surface area contributed by atoms with E-state index in [1.807, 2.05) is 49.4 Å². The predicted molar refractivity (Wildman–Crippen MR) is 195 cm³/mol. The van der Waals surface area contributed by atoms with E-state index >= 15 is 0 Å². The van der Waals surface area contributed by atoms with Crippen molar-refractivity contribution in [1.82, 2.24) is 20.5 Å². The van der Waals surface area contributed by atoms with Gasteiger partial charge in [-0.15, -0.1) is 0 Å². The van der Waals surface area contributed by atoms with Crippen molar-refractivity contribution in [3.8, 4) is 34.0 Å². The van der Waals surface area contributed by atoms with E-state index in [1.54, 1.807) is 13.2 Å². The molecule has 0 unspecified atom stereocenters. The Labute approximate surface area is 297 Å². The van der Waals surface area contributed by atoms with E-state index in [4.69, 9.17) is 14.5 Å². The highest BCUT2D eigenvalue weighted by atomic mass is 19.4. The summed E-state index contributed by atoms with van der Waals surface area (Å²) in [6, 6.07) is 18.8. The summed E-state index contributed by atoms with van der Waals surface area (Å²) in [7, 11) is 3.11. The quantitative estimate of drug-likeness (QED) is 0.145. The molecule has 4 aromatic rings. The number of nitrogens with zero attached hydrogens (tertiary/aromatic N) is 2. The number of nitrogens with one attached hydrogen (secondary N) is 2. The number of aromatic nitrogens is 1. The molecule has 1 aromatic heterocycles. The Morgan fingerprint density at radius 3 is 2.29 bits per heavy atom. The molecule has 0 aliphatic carbocycles. The molecule has 1 amide bonds. The van der Waals surface area contributed by atoms with E-state index in [2.05, 4.69) is 28.5 Å². The first-order chi connectivity index (χ1) is 24.5. The molecule has 2 aliphatic heterocycles. The third kappa shape index (κ3) is 8.29. The number of amides is 1. The fraction of sp³-hybridized carbons (Fsp3) is 0.366. The van der Waals surface area contributed by atoms with Crippen LogP contribution in [0.15, 0.2) is 60.7 Å². The van der Waals surface area contributed by atoms with Gasteiger partial charge in [0.15, 0.2) is 0 Å². The first-order valence-electron chi connectivity index (χ1n) is 17.5. The van der Waals surface area contributed by atoms with E-state index in [9.17, 15) is 18.0 Å². The van der Waals surface area contributed by atoms with Crippen LogP contribution in [0.25, 0.3) is 34.5 Å². The number of pyridine rings is 1. The number of carbonyl (C=O) groups is 1. The van der Waals surface area contributed by atoms with Gasteiger partial charge in [0.2, 0.25) is 11.8 Å². The smallest absolute Gasteiger partial charge is 0.417 e. The Morgan fingerprint density at radius 2 is 1.61 bits per heavy atom. The maximum absolute atomic E-state index is 14.4. The molecule has 2 saturated heterocycles. The van der Waals surface area contributed by atoms with Crippen molar-refractivity contribution < 1.29 is 27.4 Å². The number of halogens is 3. The predicted octanol–water partition coefficient (Wildman–Crippen LogP) is 8.20. The summed E-state index contributed by atoms with van der Waals surface area (Å²) in [6.07, 6.45) is 2.28.